The molecule has 0 saturated carbocycles. The molecule has 0 aromatic heterocycles. The van der Waals surface area contributed by atoms with Crippen molar-refractivity contribution in [1.29, 1.82) is 0 Å². The van der Waals surface area contributed by atoms with Gasteiger partial charge in [0.25, 0.3) is 5.91 Å². The molecule has 0 spiro atoms. The van der Waals surface area contributed by atoms with Gasteiger partial charge in [0.05, 0.1) is 13.2 Å². The van der Waals surface area contributed by atoms with Crippen molar-refractivity contribution < 1.29 is 14.3 Å². The van der Waals surface area contributed by atoms with E-state index in [1.54, 1.807) is 18.2 Å². The minimum atomic E-state index is -0.176. The minimum Gasteiger partial charge on any atom is -0.490 e. The molecule has 0 radical (unpaired) electrons. The second kappa shape index (κ2) is 9.20. The molecule has 0 heterocycles. The van der Waals surface area contributed by atoms with Crippen LogP contribution in [0.1, 0.15) is 44.0 Å². The summed E-state index contributed by atoms with van der Waals surface area (Å²) < 4.78 is 11.0. The first-order valence-corrected chi connectivity index (χ1v) is 7.15. The highest BCUT2D eigenvalue weighted by atomic mass is 16.5. The number of carbonyl (C=O) groups excluding carboxylic acids is 1. The molecular weight excluding hydrogens is 256 g/mol. The maximum Gasteiger partial charge on any atom is 0.265 e. The van der Waals surface area contributed by atoms with Gasteiger partial charge in [-0.1, -0.05) is 13.3 Å². The minimum absolute atomic E-state index is 0.176. The number of amides is 1. The monoisotopic (exact) mass is 280 g/mol. The van der Waals surface area contributed by atoms with E-state index in [2.05, 4.69) is 17.8 Å². The number of carbonyl (C=O) groups is 1. The van der Waals surface area contributed by atoms with Crippen LogP contribution >= 0.6 is 0 Å². The van der Waals surface area contributed by atoms with Gasteiger partial charge in [0.2, 0.25) is 0 Å². The average molecular weight is 280 g/mol. The third kappa shape index (κ3) is 5.09. The molecule has 0 aliphatic carbocycles. The lowest BCUT2D eigenvalue weighted by Gasteiger charge is -2.12. The summed E-state index contributed by atoms with van der Waals surface area (Å²) in [6, 6.07) is 5.19. The molecule has 0 saturated heterocycles. The van der Waals surface area contributed by atoms with Gasteiger partial charge in [-0.25, -0.2) is 5.43 Å². The fraction of sp³-hybridized carbons (Fsp3) is 0.533. The average Bonchev–Trinajstić information content (AvgIpc) is 2.45. The molecule has 2 N–H and O–H groups in total. The van der Waals surface area contributed by atoms with Gasteiger partial charge in [-0.2, -0.15) is 0 Å². The predicted molar refractivity (Wildman–Crippen MR) is 79.2 cm³/mol. The van der Waals surface area contributed by atoms with Crippen molar-refractivity contribution in [3.05, 3.63) is 23.8 Å². The van der Waals surface area contributed by atoms with E-state index in [-0.39, 0.29) is 5.91 Å². The molecule has 0 unspecified atom stereocenters. The van der Waals surface area contributed by atoms with Crippen LogP contribution in [0.2, 0.25) is 0 Å². The van der Waals surface area contributed by atoms with Crippen LogP contribution in [0.3, 0.4) is 0 Å². The van der Waals surface area contributed by atoms with Crippen LogP contribution in [-0.4, -0.2) is 25.7 Å². The second-order valence-corrected chi connectivity index (χ2v) is 4.26. The number of ether oxygens (including phenoxy) is 2. The van der Waals surface area contributed by atoms with Crippen molar-refractivity contribution in [3.8, 4) is 11.5 Å². The van der Waals surface area contributed by atoms with Crippen molar-refractivity contribution in [2.45, 2.75) is 33.6 Å². The van der Waals surface area contributed by atoms with Gasteiger partial charge in [0.1, 0.15) is 0 Å². The highest BCUT2D eigenvalue weighted by Crippen LogP contribution is 2.28. The zero-order valence-electron chi connectivity index (χ0n) is 12.5. The van der Waals surface area contributed by atoms with Gasteiger partial charge in [0.15, 0.2) is 11.5 Å². The fourth-order valence-electron chi connectivity index (χ4n) is 1.67. The molecule has 1 aromatic carbocycles. The van der Waals surface area contributed by atoms with Crippen LogP contribution in [0.25, 0.3) is 0 Å². The SMILES string of the molecule is CCCCNNC(=O)c1ccc(OCC)c(OCC)c1. The van der Waals surface area contributed by atoms with Gasteiger partial charge in [-0.05, 0) is 38.5 Å². The quantitative estimate of drug-likeness (QED) is 0.539. The van der Waals surface area contributed by atoms with Crippen molar-refractivity contribution in [3.63, 3.8) is 0 Å². The van der Waals surface area contributed by atoms with E-state index in [0.29, 0.717) is 30.3 Å². The van der Waals surface area contributed by atoms with Crippen molar-refractivity contribution in [1.82, 2.24) is 10.9 Å². The highest BCUT2D eigenvalue weighted by molar-refractivity contribution is 5.94. The van der Waals surface area contributed by atoms with Crippen molar-refractivity contribution in [2.75, 3.05) is 19.8 Å². The Hall–Kier alpha value is -1.75. The third-order valence-electron chi connectivity index (χ3n) is 2.66. The molecule has 0 aliphatic rings. The molecule has 1 rings (SSSR count). The van der Waals surface area contributed by atoms with E-state index >= 15 is 0 Å². The van der Waals surface area contributed by atoms with E-state index in [1.165, 1.54) is 0 Å². The largest absolute Gasteiger partial charge is 0.490 e. The number of hydrogen-bond acceptors (Lipinski definition) is 4. The summed E-state index contributed by atoms with van der Waals surface area (Å²) in [5.41, 5.74) is 6.12. The summed E-state index contributed by atoms with van der Waals surface area (Å²) >= 11 is 0. The number of benzene rings is 1. The van der Waals surface area contributed by atoms with Gasteiger partial charge >= 0.3 is 0 Å². The second-order valence-electron chi connectivity index (χ2n) is 4.26. The number of unbranched alkanes of at least 4 members (excludes halogenated alkanes) is 1. The lowest BCUT2D eigenvalue weighted by atomic mass is 10.2. The summed E-state index contributed by atoms with van der Waals surface area (Å²) in [6.07, 6.45) is 2.11. The van der Waals surface area contributed by atoms with E-state index in [1.807, 2.05) is 13.8 Å². The molecule has 0 fully saturated rings. The molecule has 1 aromatic rings. The molecule has 0 aliphatic heterocycles. The van der Waals surface area contributed by atoms with Crippen molar-refractivity contribution >= 4 is 5.91 Å². The molecule has 20 heavy (non-hydrogen) atoms. The highest BCUT2D eigenvalue weighted by Gasteiger charge is 2.11. The Morgan fingerprint density at radius 3 is 2.45 bits per heavy atom. The van der Waals surface area contributed by atoms with Crippen LogP contribution in [0.15, 0.2) is 18.2 Å². The smallest absolute Gasteiger partial charge is 0.265 e. The first-order valence-electron chi connectivity index (χ1n) is 7.15. The third-order valence-corrected chi connectivity index (χ3v) is 2.66. The normalized spacial score (nSPS) is 10.2. The zero-order valence-corrected chi connectivity index (χ0v) is 12.5. The van der Waals surface area contributed by atoms with Crippen LogP contribution in [-0.2, 0) is 0 Å². The first-order chi connectivity index (χ1) is 9.72. The van der Waals surface area contributed by atoms with Crippen LogP contribution in [0.5, 0.6) is 11.5 Å². The van der Waals surface area contributed by atoms with Crippen LogP contribution in [0, 0.1) is 0 Å². The first kappa shape index (κ1) is 16.3. The maximum absolute atomic E-state index is 12.0. The van der Waals surface area contributed by atoms with Gasteiger partial charge < -0.3 is 9.47 Å². The summed E-state index contributed by atoms with van der Waals surface area (Å²) in [7, 11) is 0. The Balaban J connectivity index is 2.69. The lowest BCUT2D eigenvalue weighted by Crippen LogP contribution is -2.37. The topological polar surface area (TPSA) is 59.6 Å². The Bertz CT molecular complexity index is 422. The molecule has 112 valence electrons. The Morgan fingerprint density at radius 1 is 1.10 bits per heavy atom. The molecule has 1 amide bonds. The Morgan fingerprint density at radius 2 is 1.80 bits per heavy atom. The molecule has 5 heteroatoms. The Kier molecular flexibility index (Phi) is 7.50. The Labute approximate surface area is 120 Å². The molecule has 0 atom stereocenters. The number of nitrogens with one attached hydrogen (secondary N) is 2. The molecular formula is C15H24N2O3. The molecule has 0 bridgehead atoms. The number of rotatable bonds is 9. The zero-order chi connectivity index (χ0) is 14.8. The lowest BCUT2D eigenvalue weighted by molar-refractivity contribution is 0.0932. The summed E-state index contributed by atoms with van der Waals surface area (Å²) in [6.45, 7) is 7.76. The van der Waals surface area contributed by atoms with E-state index in [4.69, 9.17) is 9.47 Å². The molecule has 5 nitrogen and oxygen atoms in total. The number of hydrogen-bond donors (Lipinski definition) is 2. The fourth-order valence-corrected chi connectivity index (χ4v) is 1.67. The van der Waals surface area contributed by atoms with Crippen LogP contribution < -0.4 is 20.3 Å². The standard InChI is InChI=1S/C15H24N2O3/c1-4-7-10-16-17-15(18)12-8-9-13(19-5-2)14(11-12)20-6-3/h8-9,11,16H,4-7,10H2,1-3H3,(H,17,18). The van der Waals surface area contributed by atoms with E-state index < -0.39 is 0 Å². The summed E-state index contributed by atoms with van der Waals surface area (Å²) in [5.74, 6) is 1.07. The summed E-state index contributed by atoms with van der Waals surface area (Å²) in [4.78, 5) is 12.0. The van der Waals surface area contributed by atoms with Gasteiger partial charge in [0, 0.05) is 12.1 Å². The van der Waals surface area contributed by atoms with Crippen molar-refractivity contribution in [2.24, 2.45) is 0 Å². The van der Waals surface area contributed by atoms with E-state index in [0.717, 1.165) is 19.4 Å². The van der Waals surface area contributed by atoms with Gasteiger partial charge in [-0.15, -0.1) is 0 Å². The van der Waals surface area contributed by atoms with E-state index in [9.17, 15) is 4.79 Å². The van der Waals surface area contributed by atoms with Gasteiger partial charge in [-0.3, -0.25) is 10.2 Å². The summed E-state index contributed by atoms with van der Waals surface area (Å²) in [5, 5.41) is 0. The van der Waals surface area contributed by atoms with Crippen LogP contribution in [0.4, 0.5) is 0 Å². The predicted octanol–water partition coefficient (Wildman–Crippen LogP) is 2.52. The number of hydrazine groups is 1. The maximum atomic E-state index is 12.0.